The molecule has 0 heterocycles. The Kier molecular flexibility index (Phi) is 8.05. The number of nitrogens with one attached hydrogen (secondary N) is 1. The second-order valence-electron chi connectivity index (χ2n) is 13.6. The summed E-state index contributed by atoms with van der Waals surface area (Å²) >= 11 is 0. The Labute approximate surface area is 289 Å². The van der Waals surface area contributed by atoms with Crippen molar-refractivity contribution in [2.24, 2.45) is 5.73 Å². The maximum absolute atomic E-state index is 6.69. The van der Waals surface area contributed by atoms with Crippen LogP contribution < -0.4 is 11.1 Å². The molecule has 1 aliphatic carbocycles. The topological polar surface area (TPSA) is 38.0 Å². The standard InChI is InChI=1S/C47H40N2/c1-47(2)42-19-11-18-40(45(42)41-30-38-16-9-10-17-39(38)31-43(41)47)35-23-20-32(21-24-35)22-29-44(49-46(48)37-14-7-4-8-15-37)36-27-25-34(26-28-36)33-12-5-3-6-13-33/h3-31,44,46,49H,48H2,1-2H3/b29-22+. The first-order chi connectivity index (χ1) is 24.0. The first-order valence-corrected chi connectivity index (χ1v) is 17.1. The van der Waals surface area contributed by atoms with Crippen molar-refractivity contribution in [3.63, 3.8) is 0 Å². The van der Waals surface area contributed by atoms with Gasteiger partial charge in [0.1, 0.15) is 0 Å². The molecule has 8 rings (SSSR count). The van der Waals surface area contributed by atoms with Crippen LogP contribution in [-0.4, -0.2) is 0 Å². The highest BCUT2D eigenvalue weighted by atomic mass is 15.0. The number of hydrogen-bond donors (Lipinski definition) is 2. The molecule has 0 radical (unpaired) electrons. The maximum atomic E-state index is 6.69. The number of rotatable bonds is 8. The third kappa shape index (κ3) is 5.91. The summed E-state index contributed by atoms with van der Waals surface area (Å²) in [7, 11) is 0. The van der Waals surface area contributed by atoms with Crippen molar-refractivity contribution in [2.45, 2.75) is 31.5 Å². The van der Waals surface area contributed by atoms with E-state index in [1.807, 2.05) is 24.3 Å². The van der Waals surface area contributed by atoms with Gasteiger partial charge in [-0.05, 0) is 84.1 Å². The second kappa shape index (κ2) is 12.8. The van der Waals surface area contributed by atoms with Gasteiger partial charge in [-0.15, -0.1) is 0 Å². The number of hydrogen-bond acceptors (Lipinski definition) is 2. The first kappa shape index (κ1) is 30.8. The van der Waals surface area contributed by atoms with Gasteiger partial charge in [-0.1, -0.05) is 178 Å². The molecule has 0 saturated carbocycles. The lowest BCUT2D eigenvalue weighted by molar-refractivity contribution is 0.509. The average molecular weight is 633 g/mol. The second-order valence-corrected chi connectivity index (χ2v) is 13.6. The first-order valence-electron chi connectivity index (χ1n) is 17.1. The maximum Gasteiger partial charge on any atom is 0.0817 e. The van der Waals surface area contributed by atoms with E-state index in [4.69, 9.17) is 5.73 Å². The van der Waals surface area contributed by atoms with Crippen LogP contribution in [-0.2, 0) is 5.41 Å². The van der Waals surface area contributed by atoms with Crippen molar-refractivity contribution in [1.29, 1.82) is 0 Å². The Hall–Kier alpha value is -5.54. The summed E-state index contributed by atoms with van der Waals surface area (Å²) in [6, 6.07) is 58.6. The quantitative estimate of drug-likeness (QED) is 0.164. The van der Waals surface area contributed by atoms with E-state index in [0.717, 1.165) is 16.7 Å². The van der Waals surface area contributed by atoms with Crippen LogP contribution >= 0.6 is 0 Å². The summed E-state index contributed by atoms with van der Waals surface area (Å²) in [5, 5.41) is 6.24. The van der Waals surface area contributed by atoms with Crippen LogP contribution in [0, 0.1) is 0 Å². The van der Waals surface area contributed by atoms with Gasteiger partial charge in [-0.3, -0.25) is 5.32 Å². The van der Waals surface area contributed by atoms with Crippen molar-refractivity contribution in [3.8, 4) is 33.4 Å². The molecule has 0 saturated heterocycles. The van der Waals surface area contributed by atoms with E-state index in [1.165, 1.54) is 55.3 Å². The van der Waals surface area contributed by atoms with Crippen LogP contribution in [0.4, 0.5) is 0 Å². The van der Waals surface area contributed by atoms with Crippen LogP contribution in [0.3, 0.4) is 0 Å². The predicted octanol–water partition coefficient (Wildman–Crippen LogP) is 11.5. The molecule has 2 atom stereocenters. The molecule has 0 bridgehead atoms. The largest absolute Gasteiger partial charge is 0.312 e. The van der Waals surface area contributed by atoms with E-state index < -0.39 is 0 Å². The van der Waals surface area contributed by atoms with Gasteiger partial charge in [0.2, 0.25) is 0 Å². The molecule has 0 aliphatic heterocycles. The fourth-order valence-corrected chi connectivity index (χ4v) is 7.42. The molecular weight excluding hydrogens is 593 g/mol. The highest BCUT2D eigenvalue weighted by Gasteiger charge is 2.37. The van der Waals surface area contributed by atoms with Crippen LogP contribution in [0.5, 0.6) is 0 Å². The van der Waals surface area contributed by atoms with Crippen molar-refractivity contribution in [2.75, 3.05) is 0 Å². The molecule has 7 aromatic carbocycles. The molecule has 2 unspecified atom stereocenters. The summed E-state index contributed by atoms with van der Waals surface area (Å²) in [4.78, 5) is 0. The fourth-order valence-electron chi connectivity index (χ4n) is 7.42. The molecule has 7 aromatic rings. The summed E-state index contributed by atoms with van der Waals surface area (Å²) in [6.45, 7) is 4.71. The minimum atomic E-state index is -0.309. The Morgan fingerprint density at radius 2 is 1.14 bits per heavy atom. The molecule has 3 N–H and O–H groups in total. The van der Waals surface area contributed by atoms with Crippen molar-refractivity contribution in [1.82, 2.24) is 5.32 Å². The monoisotopic (exact) mass is 632 g/mol. The molecule has 238 valence electrons. The Morgan fingerprint density at radius 1 is 0.531 bits per heavy atom. The minimum Gasteiger partial charge on any atom is -0.312 e. The van der Waals surface area contributed by atoms with Gasteiger partial charge < -0.3 is 5.73 Å². The van der Waals surface area contributed by atoms with E-state index in [9.17, 15) is 0 Å². The molecule has 0 aromatic heterocycles. The summed E-state index contributed by atoms with van der Waals surface area (Å²) in [5.74, 6) is 0. The molecule has 2 nitrogen and oxygen atoms in total. The summed E-state index contributed by atoms with van der Waals surface area (Å²) in [5.41, 5.74) is 20.4. The van der Waals surface area contributed by atoms with Gasteiger partial charge in [0, 0.05) is 5.41 Å². The zero-order valence-corrected chi connectivity index (χ0v) is 28.0. The molecular formula is C47H40N2. The third-order valence-electron chi connectivity index (χ3n) is 10.2. The molecule has 0 spiro atoms. The SMILES string of the molecule is CC1(C)c2cc3ccccc3cc2-c2c(-c3ccc(/C=C/C(NC(N)c4ccccc4)c4ccc(-c5ccccc5)cc4)cc3)cccc21. The minimum absolute atomic E-state index is 0.0602. The van der Waals surface area contributed by atoms with Crippen molar-refractivity contribution in [3.05, 3.63) is 198 Å². The van der Waals surface area contributed by atoms with Crippen LogP contribution in [0.25, 0.3) is 50.2 Å². The zero-order chi connectivity index (χ0) is 33.4. The number of fused-ring (bicyclic) bond motifs is 4. The van der Waals surface area contributed by atoms with Gasteiger partial charge >= 0.3 is 0 Å². The zero-order valence-electron chi connectivity index (χ0n) is 28.0. The van der Waals surface area contributed by atoms with E-state index in [1.54, 1.807) is 0 Å². The van der Waals surface area contributed by atoms with Crippen LogP contribution in [0.15, 0.2) is 170 Å². The van der Waals surface area contributed by atoms with E-state index >= 15 is 0 Å². The van der Waals surface area contributed by atoms with Crippen LogP contribution in [0.1, 0.15) is 53.9 Å². The van der Waals surface area contributed by atoms with E-state index in [-0.39, 0.29) is 17.6 Å². The molecule has 0 amide bonds. The normalized spacial score (nSPS) is 14.4. The van der Waals surface area contributed by atoms with Crippen molar-refractivity contribution < 1.29 is 0 Å². The fraction of sp³-hybridized carbons (Fsp3) is 0.106. The Balaban J connectivity index is 1.10. The Morgan fingerprint density at radius 3 is 1.86 bits per heavy atom. The molecule has 0 fully saturated rings. The number of nitrogens with two attached hydrogens (primary N) is 1. The average Bonchev–Trinajstić information content (AvgIpc) is 3.38. The predicted molar refractivity (Wildman–Crippen MR) is 207 cm³/mol. The lowest BCUT2D eigenvalue weighted by Crippen LogP contribution is -2.31. The Bertz CT molecular complexity index is 2270. The van der Waals surface area contributed by atoms with Gasteiger partial charge in [-0.2, -0.15) is 0 Å². The third-order valence-corrected chi connectivity index (χ3v) is 10.2. The lowest BCUT2D eigenvalue weighted by atomic mass is 9.81. The molecule has 49 heavy (non-hydrogen) atoms. The van der Waals surface area contributed by atoms with Gasteiger partial charge in [0.05, 0.1) is 12.2 Å². The van der Waals surface area contributed by atoms with Crippen LogP contribution in [0.2, 0.25) is 0 Å². The van der Waals surface area contributed by atoms with E-state index in [0.29, 0.717) is 0 Å². The van der Waals surface area contributed by atoms with Gasteiger partial charge in [-0.25, -0.2) is 0 Å². The highest BCUT2D eigenvalue weighted by molar-refractivity contribution is 5.98. The lowest BCUT2D eigenvalue weighted by Gasteiger charge is -2.22. The summed E-state index contributed by atoms with van der Waals surface area (Å²) < 4.78 is 0. The van der Waals surface area contributed by atoms with Gasteiger partial charge in [0.15, 0.2) is 0 Å². The highest BCUT2D eigenvalue weighted by Crippen LogP contribution is 2.53. The van der Waals surface area contributed by atoms with Crippen molar-refractivity contribution >= 4 is 16.8 Å². The summed E-state index contributed by atoms with van der Waals surface area (Å²) in [6.07, 6.45) is 4.11. The van der Waals surface area contributed by atoms with Gasteiger partial charge in [0.25, 0.3) is 0 Å². The van der Waals surface area contributed by atoms with E-state index in [2.05, 4.69) is 171 Å². The number of benzene rings is 7. The smallest absolute Gasteiger partial charge is 0.0817 e. The molecule has 1 aliphatic rings. The molecule has 2 heteroatoms.